The number of nitrogens with one attached hydrogen (secondary N) is 2. The number of nitrogens with zero attached hydrogens (tertiary/aromatic N) is 2. The molecule has 1 atom stereocenters. The van der Waals surface area contributed by atoms with Crippen molar-refractivity contribution in [3.05, 3.63) is 63.8 Å². The van der Waals surface area contributed by atoms with Gasteiger partial charge in [-0.2, -0.15) is 0 Å². The van der Waals surface area contributed by atoms with Crippen LogP contribution in [0.4, 0.5) is 0 Å². The van der Waals surface area contributed by atoms with Gasteiger partial charge in [0.1, 0.15) is 5.82 Å². The molecule has 2 aromatic rings. The highest BCUT2D eigenvalue weighted by atomic mass is 16.2. The average molecular weight is 340 g/mol. The van der Waals surface area contributed by atoms with Gasteiger partial charge in [0.15, 0.2) is 0 Å². The summed E-state index contributed by atoms with van der Waals surface area (Å²) in [5.41, 5.74) is 1.73. The number of aromatic amines is 1. The first kappa shape index (κ1) is 17.4. The molecule has 0 saturated carbocycles. The van der Waals surface area contributed by atoms with Gasteiger partial charge >= 0.3 is 0 Å². The van der Waals surface area contributed by atoms with Crippen molar-refractivity contribution >= 4 is 5.91 Å². The minimum Gasteiger partial charge on any atom is -0.349 e. The van der Waals surface area contributed by atoms with Crippen molar-refractivity contribution in [3.8, 4) is 0 Å². The monoisotopic (exact) mass is 340 g/mol. The van der Waals surface area contributed by atoms with E-state index in [1.807, 2.05) is 18.2 Å². The Balaban J connectivity index is 1.54. The first-order valence-corrected chi connectivity index (χ1v) is 8.71. The Labute approximate surface area is 147 Å². The Hall–Kier alpha value is -2.47. The van der Waals surface area contributed by atoms with Crippen LogP contribution in [0.25, 0.3) is 0 Å². The topological polar surface area (TPSA) is 78.1 Å². The number of aryl methyl sites for hydroxylation is 1. The third-order valence-electron chi connectivity index (χ3n) is 4.47. The van der Waals surface area contributed by atoms with E-state index in [-0.39, 0.29) is 23.9 Å². The van der Waals surface area contributed by atoms with Crippen LogP contribution in [0.5, 0.6) is 0 Å². The van der Waals surface area contributed by atoms with Crippen LogP contribution >= 0.6 is 0 Å². The maximum atomic E-state index is 12.5. The maximum Gasteiger partial charge on any atom is 0.251 e. The van der Waals surface area contributed by atoms with Crippen LogP contribution in [0.3, 0.4) is 0 Å². The molecule has 1 unspecified atom stereocenters. The summed E-state index contributed by atoms with van der Waals surface area (Å²) in [4.78, 5) is 33.2. The van der Waals surface area contributed by atoms with E-state index < -0.39 is 0 Å². The summed E-state index contributed by atoms with van der Waals surface area (Å²) in [6.07, 6.45) is 1.92. The lowest BCUT2D eigenvalue weighted by Crippen LogP contribution is -2.42. The van der Waals surface area contributed by atoms with Gasteiger partial charge in [-0.3, -0.25) is 14.5 Å². The molecule has 6 nitrogen and oxygen atoms in total. The van der Waals surface area contributed by atoms with Crippen LogP contribution in [0.2, 0.25) is 0 Å². The van der Waals surface area contributed by atoms with Gasteiger partial charge in [0.25, 0.3) is 5.56 Å². The molecule has 1 aliphatic rings. The summed E-state index contributed by atoms with van der Waals surface area (Å²) in [7, 11) is 0. The SMILES string of the molecule is Cc1cc(=O)[nH]c(CNC(=O)C2CCCN(Cc3ccccc3)C2)n1. The Morgan fingerprint density at radius 2 is 2.16 bits per heavy atom. The number of amides is 1. The van der Waals surface area contributed by atoms with Gasteiger partial charge in [-0.25, -0.2) is 4.98 Å². The first-order valence-electron chi connectivity index (χ1n) is 8.71. The van der Waals surface area contributed by atoms with E-state index >= 15 is 0 Å². The molecule has 0 spiro atoms. The molecule has 3 rings (SSSR count). The molecule has 0 radical (unpaired) electrons. The molecule has 0 aliphatic carbocycles. The molecular formula is C19H24N4O2. The van der Waals surface area contributed by atoms with Crippen LogP contribution in [0, 0.1) is 12.8 Å². The van der Waals surface area contributed by atoms with Gasteiger partial charge in [0, 0.05) is 24.8 Å². The van der Waals surface area contributed by atoms with Crippen molar-refractivity contribution in [1.82, 2.24) is 20.2 Å². The zero-order valence-electron chi connectivity index (χ0n) is 14.5. The number of aromatic nitrogens is 2. The van der Waals surface area contributed by atoms with Gasteiger partial charge < -0.3 is 10.3 Å². The molecule has 6 heteroatoms. The second kappa shape index (κ2) is 8.07. The highest BCUT2D eigenvalue weighted by Crippen LogP contribution is 2.18. The summed E-state index contributed by atoms with van der Waals surface area (Å²) in [5, 5.41) is 2.91. The van der Waals surface area contributed by atoms with Crippen molar-refractivity contribution in [1.29, 1.82) is 0 Å². The molecule has 1 amide bonds. The van der Waals surface area contributed by atoms with E-state index in [1.165, 1.54) is 11.6 Å². The summed E-state index contributed by atoms with van der Waals surface area (Å²) in [6, 6.07) is 11.8. The zero-order valence-corrected chi connectivity index (χ0v) is 14.5. The van der Waals surface area contributed by atoms with E-state index in [1.54, 1.807) is 6.92 Å². The van der Waals surface area contributed by atoms with Crippen molar-refractivity contribution in [2.45, 2.75) is 32.9 Å². The van der Waals surface area contributed by atoms with Crippen LogP contribution in [0.1, 0.15) is 29.9 Å². The molecule has 2 heterocycles. The minimum atomic E-state index is -0.191. The number of carbonyl (C=O) groups excluding carboxylic acids is 1. The highest BCUT2D eigenvalue weighted by Gasteiger charge is 2.25. The lowest BCUT2D eigenvalue weighted by atomic mass is 9.96. The normalized spacial score (nSPS) is 18.0. The van der Waals surface area contributed by atoms with E-state index in [0.717, 1.165) is 32.5 Å². The van der Waals surface area contributed by atoms with Gasteiger partial charge in [-0.1, -0.05) is 30.3 Å². The lowest BCUT2D eigenvalue weighted by Gasteiger charge is -2.32. The van der Waals surface area contributed by atoms with Crippen LogP contribution in [-0.2, 0) is 17.9 Å². The number of likely N-dealkylation sites (tertiary alicyclic amines) is 1. The average Bonchev–Trinajstić information content (AvgIpc) is 2.60. The third-order valence-corrected chi connectivity index (χ3v) is 4.47. The van der Waals surface area contributed by atoms with Gasteiger partial charge in [-0.05, 0) is 31.9 Å². The quantitative estimate of drug-likeness (QED) is 0.867. The highest BCUT2D eigenvalue weighted by molar-refractivity contribution is 5.78. The van der Waals surface area contributed by atoms with E-state index in [9.17, 15) is 9.59 Å². The largest absolute Gasteiger partial charge is 0.349 e. The molecule has 1 aromatic heterocycles. The number of rotatable bonds is 5. The second-order valence-electron chi connectivity index (χ2n) is 6.61. The molecule has 132 valence electrons. The summed E-state index contributed by atoms with van der Waals surface area (Å²) >= 11 is 0. The van der Waals surface area contributed by atoms with Gasteiger partial charge in [0.05, 0.1) is 12.5 Å². The summed E-state index contributed by atoms with van der Waals surface area (Å²) in [5.74, 6) is 0.506. The van der Waals surface area contributed by atoms with Crippen molar-refractivity contribution in [3.63, 3.8) is 0 Å². The van der Waals surface area contributed by atoms with Gasteiger partial charge in [-0.15, -0.1) is 0 Å². The fourth-order valence-electron chi connectivity index (χ4n) is 3.29. The van der Waals surface area contributed by atoms with Crippen molar-refractivity contribution in [2.75, 3.05) is 13.1 Å². The summed E-state index contributed by atoms with van der Waals surface area (Å²) in [6.45, 7) is 4.68. The Bertz CT molecular complexity index is 772. The third kappa shape index (κ3) is 5.00. The van der Waals surface area contributed by atoms with E-state index in [2.05, 4.69) is 32.3 Å². The number of piperidine rings is 1. The van der Waals surface area contributed by atoms with Crippen molar-refractivity contribution in [2.24, 2.45) is 5.92 Å². The minimum absolute atomic E-state index is 0.0195. The summed E-state index contributed by atoms with van der Waals surface area (Å²) < 4.78 is 0. The Kier molecular flexibility index (Phi) is 5.60. The first-order chi connectivity index (χ1) is 12.1. The predicted molar refractivity (Wildman–Crippen MR) is 95.9 cm³/mol. The van der Waals surface area contributed by atoms with Crippen LogP contribution in [0.15, 0.2) is 41.2 Å². The molecule has 2 N–H and O–H groups in total. The number of benzene rings is 1. The number of carbonyl (C=O) groups is 1. The predicted octanol–water partition coefficient (Wildman–Crippen LogP) is 1.61. The maximum absolute atomic E-state index is 12.5. The fraction of sp³-hybridized carbons (Fsp3) is 0.421. The van der Waals surface area contributed by atoms with E-state index in [0.29, 0.717) is 11.5 Å². The number of hydrogen-bond acceptors (Lipinski definition) is 4. The molecule has 0 bridgehead atoms. The molecule has 1 aliphatic heterocycles. The number of H-pyrrole nitrogens is 1. The van der Waals surface area contributed by atoms with Crippen LogP contribution in [-0.4, -0.2) is 33.9 Å². The molecule has 1 aromatic carbocycles. The van der Waals surface area contributed by atoms with Gasteiger partial charge in [0.2, 0.25) is 5.91 Å². The lowest BCUT2D eigenvalue weighted by molar-refractivity contribution is -0.127. The fourth-order valence-corrected chi connectivity index (χ4v) is 3.29. The smallest absolute Gasteiger partial charge is 0.251 e. The Morgan fingerprint density at radius 3 is 2.92 bits per heavy atom. The molecule has 25 heavy (non-hydrogen) atoms. The molecule has 1 fully saturated rings. The molecule has 1 saturated heterocycles. The number of hydrogen-bond donors (Lipinski definition) is 2. The zero-order chi connectivity index (χ0) is 17.6. The van der Waals surface area contributed by atoms with E-state index in [4.69, 9.17) is 0 Å². The van der Waals surface area contributed by atoms with Crippen LogP contribution < -0.4 is 10.9 Å². The Morgan fingerprint density at radius 1 is 1.36 bits per heavy atom. The molecular weight excluding hydrogens is 316 g/mol. The standard InChI is InChI=1S/C19H24N4O2/c1-14-10-18(24)22-17(21-14)11-20-19(25)16-8-5-9-23(13-16)12-15-6-3-2-4-7-15/h2-4,6-7,10,16H,5,8-9,11-13H2,1H3,(H,20,25)(H,21,22,24). The van der Waals surface area contributed by atoms with Crippen molar-refractivity contribution < 1.29 is 4.79 Å². The second-order valence-corrected chi connectivity index (χ2v) is 6.61.